The number of hydrogen-bond acceptors (Lipinski definition) is 4. The molecule has 0 bridgehead atoms. The Bertz CT molecular complexity index is 2840. The summed E-state index contributed by atoms with van der Waals surface area (Å²) in [4.78, 5) is 10.1. The van der Waals surface area contributed by atoms with Crippen LogP contribution in [0.25, 0.3) is 11.1 Å². The van der Waals surface area contributed by atoms with E-state index in [1.54, 1.807) is 0 Å². The number of rotatable bonds is 5. The molecule has 8 aromatic rings. The third-order valence-electron chi connectivity index (χ3n) is 13.0. The van der Waals surface area contributed by atoms with E-state index in [4.69, 9.17) is 0 Å². The van der Waals surface area contributed by atoms with Crippen LogP contribution in [-0.2, 0) is 0 Å². The third kappa shape index (κ3) is 5.67. The summed E-state index contributed by atoms with van der Waals surface area (Å²) in [5.41, 5.74) is 19.0. The zero-order valence-corrected chi connectivity index (χ0v) is 33.7. The lowest BCUT2D eigenvalue weighted by Gasteiger charge is -2.45. The molecule has 3 heterocycles. The van der Waals surface area contributed by atoms with Crippen molar-refractivity contribution in [3.63, 3.8) is 0 Å². The Kier molecular flexibility index (Phi) is 8.29. The van der Waals surface area contributed by atoms with Gasteiger partial charge in [0.05, 0.1) is 11.4 Å². The van der Waals surface area contributed by atoms with Crippen LogP contribution in [0.15, 0.2) is 198 Å². The van der Waals surface area contributed by atoms with Gasteiger partial charge in [-0.2, -0.15) is 0 Å². The second-order valence-corrected chi connectivity index (χ2v) is 17.4. The first kappa shape index (κ1) is 34.6. The van der Waals surface area contributed by atoms with Crippen molar-refractivity contribution < 1.29 is 0 Å². The molecule has 0 unspecified atom stereocenters. The summed E-state index contributed by atoms with van der Waals surface area (Å²) >= 11 is 1.86. The number of benzene rings is 8. The summed E-state index contributed by atoms with van der Waals surface area (Å²) in [5.74, 6) is 0.535. The first-order chi connectivity index (χ1) is 29.3. The molecule has 0 aromatic heterocycles. The molecule has 3 nitrogen and oxygen atoms in total. The molecule has 8 aromatic carbocycles. The Hall–Kier alpha value is -6.43. The zero-order valence-electron chi connectivity index (χ0n) is 32.8. The van der Waals surface area contributed by atoms with Crippen molar-refractivity contribution in [1.29, 1.82) is 0 Å². The molecule has 0 atom stereocenters. The van der Waals surface area contributed by atoms with Gasteiger partial charge in [0, 0.05) is 49.6 Å². The van der Waals surface area contributed by atoms with Gasteiger partial charge in [0.1, 0.15) is 0 Å². The van der Waals surface area contributed by atoms with E-state index in [1.165, 1.54) is 120 Å². The van der Waals surface area contributed by atoms with Crippen LogP contribution in [0.4, 0.5) is 51.2 Å². The third-order valence-corrected chi connectivity index (χ3v) is 14.1. The van der Waals surface area contributed by atoms with Crippen molar-refractivity contribution in [2.45, 2.75) is 47.8 Å². The number of nitrogens with zero attached hydrogens (tertiary/aromatic N) is 3. The van der Waals surface area contributed by atoms with Crippen molar-refractivity contribution in [2.24, 2.45) is 0 Å². The number of fused-ring (bicyclic) bond motifs is 6. The maximum atomic E-state index is 2.58. The van der Waals surface area contributed by atoms with E-state index in [0.717, 1.165) is 5.69 Å². The van der Waals surface area contributed by atoms with E-state index in [0.29, 0.717) is 5.92 Å². The van der Waals surface area contributed by atoms with Crippen LogP contribution in [0, 0.1) is 0 Å². The van der Waals surface area contributed by atoms with Crippen LogP contribution >= 0.6 is 11.8 Å². The highest BCUT2D eigenvalue weighted by molar-refractivity contribution is 7.99. The van der Waals surface area contributed by atoms with Crippen LogP contribution in [0.2, 0.25) is 0 Å². The fraction of sp³-hybridized carbons (Fsp3) is 0.111. The molecule has 5 heteroatoms. The molecule has 282 valence electrons. The summed E-state index contributed by atoms with van der Waals surface area (Å²) in [6, 6.07) is 70.3. The van der Waals surface area contributed by atoms with Crippen molar-refractivity contribution in [1.82, 2.24) is 0 Å². The number of hydrogen-bond donors (Lipinski definition) is 0. The minimum Gasteiger partial charge on any atom is -0.311 e. The molecular formula is C54H42BN3S. The summed E-state index contributed by atoms with van der Waals surface area (Å²) in [5, 5.41) is 0. The van der Waals surface area contributed by atoms with Gasteiger partial charge < -0.3 is 14.7 Å². The molecule has 3 aliphatic heterocycles. The molecule has 4 aliphatic rings. The molecule has 0 radical (unpaired) electrons. The molecule has 0 amide bonds. The summed E-state index contributed by atoms with van der Waals surface area (Å²) in [6.45, 7) is 0.102. The van der Waals surface area contributed by atoms with Crippen molar-refractivity contribution in [3.05, 3.63) is 194 Å². The topological polar surface area (TPSA) is 9.72 Å². The Morgan fingerprint density at radius 1 is 0.390 bits per heavy atom. The Morgan fingerprint density at radius 3 is 1.49 bits per heavy atom. The van der Waals surface area contributed by atoms with E-state index in [-0.39, 0.29) is 6.71 Å². The quantitative estimate of drug-likeness (QED) is 0.161. The average Bonchev–Trinajstić information content (AvgIpc) is 3.31. The van der Waals surface area contributed by atoms with E-state index >= 15 is 0 Å². The largest absolute Gasteiger partial charge is 0.311 e. The first-order valence-corrected chi connectivity index (χ1v) is 22.0. The molecule has 0 N–H and O–H groups in total. The zero-order chi connectivity index (χ0) is 38.9. The summed E-state index contributed by atoms with van der Waals surface area (Å²) in [7, 11) is 0. The Morgan fingerprint density at radius 2 is 0.881 bits per heavy atom. The van der Waals surface area contributed by atoms with E-state index in [9.17, 15) is 0 Å². The van der Waals surface area contributed by atoms with Gasteiger partial charge in [-0.05, 0) is 131 Å². The van der Waals surface area contributed by atoms with Gasteiger partial charge in [-0.1, -0.05) is 140 Å². The van der Waals surface area contributed by atoms with Gasteiger partial charge in [-0.25, -0.2) is 0 Å². The molecule has 1 aliphatic carbocycles. The highest BCUT2D eigenvalue weighted by atomic mass is 32.2. The molecule has 1 saturated carbocycles. The van der Waals surface area contributed by atoms with Gasteiger partial charge in [-0.3, -0.25) is 0 Å². The Balaban J connectivity index is 1.08. The first-order valence-electron chi connectivity index (χ1n) is 21.2. The fourth-order valence-electron chi connectivity index (χ4n) is 10.3. The highest BCUT2D eigenvalue weighted by Crippen LogP contribution is 2.53. The standard InChI is InChI=1S/C54H42BN3S/c1-3-16-37(17-4-1)39-30-32-41(33-31-39)56-46-24-9-7-22-44(46)55-45-23-8-10-25-47(45)57(51-35-40(34-50(56)54(51)55)38-18-5-2-6-19-38)42-20-15-21-43(36-42)58-48-26-11-13-28-52(48)59-53-29-14-12-27-49(53)58/h1,3-4,7-17,20-36,38H,2,5-6,18-19H2. The highest BCUT2D eigenvalue weighted by Gasteiger charge is 2.44. The molecule has 0 spiro atoms. The molecule has 1 fully saturated rings. The smallest absolute Gasteiger partial charge is 0.252 e. The monoisotopic (exact) mass is 775 g/mol. The molecule has 59 heavy (non-hydrogen) atoms. The fourth-order valence-corrected chi connectivity index (χ4v) is 11.4. The Labute approximate surface area is 351 Å². The SMILES string of the molecule is c1ccc(-c2ccc(N3c4ccccc4B4c5ccccc5N(c5cccc(N6c7ccccc7Sc7ccccc76)c5)c5cc(C6CCCCC6)cc3c54)cc2)cc1. The molecular weight excluding hydrogens is 733 g/mol. The normalized spacial score (nSPS) is 15.2. The van der Waals surface area contributed by atoms with Gasteiger partial charge in [0.2, 0.25) is 0 Å². The van der Waals surface area contributed by atoms with Crippen molar-refractivity contribution >= 4 is 86.0 Å². The lowest BCUT2D eigenvalue weighted by atomic mass is 9.33. The second kappa shape index (κ2) is 14.1. The van der Waals surface area contributed by atoms with Gasteiger partial charge in [0.25, 0.3) is 6.71 Å². The van der Waals surface area contributed by atoms with Crippen molar-refractivity contribution in [3.8, 4) is 11.1 Å². The van der Waals surface area contributed by atoms with Crippen molar-refractivity contribution in [2.75, 3.05) is 14.7 Å². The summed E-state index contributed by atoms with van der Waals surface area (Å²) in [6.07, 6.45) is 6.39. The number of para-hydroxylation sites is 4. The number of anilines is 9. The summed E-state index contributed by atoms with van der Waals surface area (Å²) < 4.78 is 0. The van der Waals surface area contributed by atoms with Crippen LogP contribution in [0.3, 0.4) is 0 Å². The van der Waals surface area contributed by atoms with Crippen LogP contribution in [0.1, 0.15) is 43.6 Å². The van der Waals surface area contributed by atoms with Gasteiger partial charge in [-0.15, -0.1) is 0 Å². The maximum Gasteiger partial charge on any atom is 0.252 e. The lowest BCUT2D eigenvalue weighted by molar-refractivity contribution is 0.444. The predicted molar refractivity (Wildman–Crippen MR) is 251 cm³/mol. The maximum absolute atomic E-state index is 2.58. The molecule has 12 rings (SSSR count). The minimum absolute atomic E-state index is 0.102. The van der Waals surface area contributed by atoms with E-state index in [2.05, 4.69) is 203 Å². The van der Waals surface area contributed by atoms with Crippen LogP contribution in [-0.4, -0.2) is 6.71 Å². The van der Waals surface area contributed by atoms with Gasteiger partial charge >= 0.3 is 0 Å². The molecule has 0 saturated heterocycles. The van der Waals surface area contributed by atoms with Gasteiger partial charge in [0.15, 0.2) is 0 Å². The van der Waals surface area contributed by atoms with E-state index in [1.807, 2.05) is 11.8 Å². The van der Waals surface area contributed by atoms with Crippen LogP contribution < -0.4 is 31.1 Å². The second-order valence-electron chi connectivity index (χ2n) is 16.3. The van der Waals surface area contributed by atoms with E-state index < -0.39 is 0 Å². The lowest BCUT2D eigenvalue weighted by Crippen LogP contribution is -2.61. The minimum atomic E-state index is 0.102. The predicted octanol–water partition coefficient (Wildman–Crippen LogP) is 13.4. The van der Waals surface area contributed by atoms with Crippen LogP contribution in [0.5, 0.6) is 0 Å². The average molecular weight is 776 g/mol.